The lowest BCUT2D eigenvalue weighted by Gasteiger charge is -2.25. The van der Waals surface area contributed by atoms with Gasteiger partial charge in [0, 0.05) is 33.8 Å². The van der Waals surface area contributed by atoms with E-state index in [1.54, 1.807) is 83.1 Å². The molecule has 45 heavy (non-hydrogen) atoms. The first-order chi connectivity index (χ1) is 21.1. The van der Waals surface area contributed by atoms with Crippen LogP contribution in [0.3, 0.4) is 0 Å². The van der Waals surface area contributed by atoms with Gasteiger partial charge in [-0.25, -0.2) is 4.79 Å². The minimum Gasteiger partial charge on any atom is -0.507 e. The third-order valence-electron chi connectivity index (χ3n) is 6.53. The summed E-state index contributed by atoms with van der Waals surface area (Å²) in [7, 11) is 1.53. The number of aryl methyl sites for hydroxylation is 1. The molecule has 0 aliphatic heterocycles. The summed E-state index contributed by atoms with van der Waals surface area (Å²) in [6.07, 6.45) is 2.39. The van der Waals surface area contributed by atoms with Gasteiger partial charge >= 0.3 is 5.97 Å². The number of phenols is 1. The Morgan fingerprint density at radius 1 is 1.00 bits per heavy atom. The predicted octanol–water partition coefficient (Wildman–Crippen LogP) is 8.00. The third-order valence-corrected chi connectivity index (χ3v) is 6.78. The lowest BCUT2D eigenvalue weighted by atomic mass is 10.0. The lowest BCUT2D eigenvalue weighted by molar-refractivity contribution is -0.163. The van der Waals surface area contributed by atoms with E-state index in [1.165, 1.54) is 19.2 Å². The maximum atomic E-state index is 12.4. The average Bonchev–Trinajstić information content (AvgIpc) is 2.96. The molecule has 1 N–H and O–H groups in total. The number of rotatable bonds is 9. The van der Waals surface area contributed by atoms with Crippen molar-refractivity contribution in [3.63, 3.8) is 0 Å². The predicted molar refractivity (Wildman–Crippen MR) is 176 cm³/mol. The van der Waals surface area contributed by atoms with Gasteiger partial charge in [0.15, 0.2) is 16.8 Å². The van der Waals surface area contributed by atoms with E-state index in [1.807, 2.05) is 19.9 Å². The fraction of sp³-hybridized carbons (Fsp3) is 0.306. The molecule has 0 saturated heterocycles. The molecule has 0 spiro atoms. The van der Waals surface area contributed by atoms with Crippen LogP contribution in [0.4, 0.5) is 0 Å². The number of benzene rings is 3. The molecule has 0 unspecified atom stereocenters. The van der Waals surface area contributed by atoms with Crippen LogP contribution >= 0.6 is 11.6 Å². The first-order valence-electron chi connectivity index (χ1n) is 14.4. The Hall–Kier alpha value is -4.56. The van der Waals surface area contributed by atoms with Gasteiger partial charge in [0.2, 0.25) is 0 Å². The Morgan fingerprint density at radius 3 is 2.11 bits per heavy atom. The van der Waals surface area contributed by atoms with Crippen molar-refractivity contribution in [2.75, 3.05) is 7.11 Å². The molecule has 4 rings (SSSR count). The van der Waals surface area contributed by atoms with E-state index in [0.717, 1.165) is 11.1 Å². The van der Waals surface area contributed by atoms with E-state index in [2.05, 4.69) is 0 Å². The summed E-state index contributed by atoms with van der Waals surface area (Å²) < 4.78 is 21.9. The summed E-state index contributed by atoms with van der Waals surface area (Å²) in [6, 6.07) is 16.2. The number of allylic oxidation sites excluding steroid dienone is 2. The number of methoxy groups -OCH3 is 1. The summed E-state index contributed by atoms with van der Waals surface area (Å²) in [4.78, 5) is 36.5. The second-order valence-corrected chi connectivity index (χ2v) is 11.9. The largest absolute Gasteiger partial charge is 0.507 e. The van der Waals surface area contributed by atoms with Crippen molar-refractivity contribution in [1.82, 2.24) is 0 Å². The number of hydrogen-bond acceptors (Lipinski definition) is 8. The zero-order valence-electron chi connectivity index (χ0n) is 26.8. The summed E-state index contributed by atoms with van der Waals surface area (Å²) >= 11 is 5.84. The number of ether oxygens (including phenoxy) is 3. The van der Waals surface area contributed by atoms with Gasteiger partial charge in [-0.1, -0.05) is 23.3 Å². The van der Waals surface area contributed by atoms with Gasteiger partial charge in [0.25, 0.3) is 0 Å². The molecule has 0 saturated carbocycles. The third kappa shape index (κ3) is 9.22. The second-order valence-electron chi connectivity index (χ2n) is 11.4. The van der Waals surface area contributed by atoms with Crippen LogP contribution in [0.2, 0.25) is 5.02 Å². The van der Waals surface area contributed by atoms with Gasteiger partial charge in [-0.05, 0) is 103 Å². The van der Waals surface area contributed by atoms with Crippen molar-refractivity contribution in [1.29, 1.82) is 0 Å². The molecule has 8 nitrogen and oxygen atoms in total. The van der Waals surface area contributed by atoms with Crippen LogP contribution in [-0.4, -0.2) is 35.7 Å². The molecule has 0 amide bonds. The van der Waals surface area contributed by atoms with Crippen molar-refractivity contribution < 1.29 is 33.3 Å². The highest BCUT2D eigenvalue weighted by Crippen LogP contribution is 2.34. The monoisotopic (exact) mass is 634 g/mol. The van der Waals surface area contributed by atoms with Crippen LogP contribution in [-0.2, 0) is 16.0 Å². The molecule has 0 atom stereocenters. The van der Waals surface area contributed by atoms with Gasteiger partial charge in [-0.2, -0.15) is 0 Å². The summed E-state index contributed by atoms with van der Waals surface area (Å²) in [6.45, 7) is 12.6. The highest BCUT2D eigenvalue weighted by atomic mass is 35.5. The molecular weight excluding hydrogens is 596 g/mol. The van der Waals surface area contributed by atoms with Crippen molar-refractivity contribution in [2.24, 2.45) is 0 Å². The van der Waals surface area contributed by atoms with Crippen molar-refractivity contribution in [3.05, 3.63) is 110 Å². The van der Waals surface area contributed by atoms with Gasteiger partial charge in [0.1, 0.15) is 34.0 Å². The number of carbonyl (C=O) groups is 2. The Morgan fingerprint density at radius 2 is 1.58 bits per heavy atom. The van der Waals surface area contributed by atoms with Crippen LogP contribution in [0.25, 0.3) is 11.0 Å². The molecule has 9 heteroatoms. The normalized spacial score (nSPS) is 11.0. The number of carbonyl (C=O) groups excluding carboxylic acids is 2. The first-order valence-corrected chi connectivity index (χ1v) is 14.8. The van der Waals surface area contributed by atoms with Crippen LogP contribution in [0.1, 0.15) is 68.8 Å². The lowest BCUT2D eigenvalue weighted by Crippen LogP contribution is -2.40. The Labute approximate surface area is 268 Å². The Balaban J connectivity index is 0.000000251. The number of halogens is 1. The standard InChI is InChI=1S/C20H21ClO4.C16H18O4/c1-13(2)24-19(23)20(3,4)25-17-11-7-15(8-12-17)18(22)14-5-9-16(21)10-6-14;1-9(2)5-6-11-14(19-4)8-13(18)15-12(17)7-10(3)20-16(11)15/h5-13H,1-4H3;5,7-8,18H,6H2,1-4H3. The molecule has 1 aromatic heterocycles. The zero-order chi connectivity index (χ0) is 33.5. The first kappa shape index (κ1) is 34.9. The molecule has 0 fully saturated rings. The van der Waals surface area contributed by atoms with E-state index in [9.17, 15) is 19.5 Å². The molecule has 238 valence electrons. The van der Waals surface area contributed by atoms with E-state index in [-0.39, 0.29) is 28.5 Å². The van der Waals surface area contributed by atoms with Crippen LogP contribution in [0, 0.1) is 6.92 Å². The summed E-state index contributed by atoms with van der Waals surface area (Å²) in [5, 5.41) is 10.8. The molecule has 3 aromatic carbocycles. The van der Waals surface area contributed by atoms with Crippen molar-refractivity contribution in [2.45, 2.75) is 66.6 Å². The van der Waals surface area contributed by atoms with Gasteiger partial charge < -0.3 is 23.7 Å². The summed E-state index contributed by atoms with van der Waals surface area (Å²) in [5.41, 5.74) is 2.03. The van der Waals surface area contributed by atoms with Crippen LogP contribution < -0.4 is 14.9 Å². The molecular formula is C36H39ClO8. The van der Waals surface area contributed by atoms with Gasteiger partial charge in [-0.3, -0.25) is 9.59 Å². The van der Waals surface area contributed by atoms with Crippen molar-refractivity contribution >= 4 is 34.3 Å². The Kier molecular flexibility index (Phi) is 11.6. The number of esters is 1. The maximum absolute atomic E-state index is 12.4. The fourth-order valence-corrected chi connectivity index (χ4v) is 4.40. The van der Waals surface area contributed by atoms with E-state index < -0.39 is 11.6 Å². The van der Waals surface area contributed by atoms with Gasteiger partial charge in [0.05, 0.1) is 13.2 Å². The number of aromatic hydroxyl groups is 1. The molecule has 0 aliphatic rings. The smallest absolute Gasteiger partial charge is 0.350 e. The minimum absolute atomic E-state index is 0.110. The second kappa shape index (κ2) is 14.9. The highest BCUT2D eigenvalue weighted by Gasteiger charge is 2.32. The van der Waals surface area contributed by atoms with Crippen LogP contribution in [0.15, 0.2) is 81.5 Å². The SMILES string of the molecule is CC(C)OC(=O)C(C)(C)Oc1ccc(C(=O)c2ccc(Cl)cc2)cc1.COc1cc(O)c2c(=O)cc(C)oc2c1CC=C(C)C. The fourth-order valence-electron chi connectivity index (χ4n) is 4.28. The number of ketones is 1. The van der Waals surface area contributed by atoms with Crippen LogP contribution in [0.5, 0.6) is 17.2 Å². The molecule has 0 bridgehead atoms. The topological polar surface area (TPSA) is 112 Å². The molecule has 4 aromatic rings. The van der Waals surface area contributed by atoms with E-state index in [0.29, 0.717) is 45.4 Å². The Bertz CT molecular complexity index is 1740. The van der Waals surface area contributed by atoms with Crippen molar-refractivity contribution in [3.8, 4) is 17.2 Å². The molecule has 1 heterocycles. The van der Waals surface area contributed by atoms with E-state index in [4.69, 9.17) is 30.2 Å². The molecule has 0 aliphatic carbocycles. The molecule has 0 radical (unpaired) electrons. The minimum atomic E-state index is -1.12. The average molecular weight is 635 g/mol. The number of hydrogen-bond donors (Lipinski definition) is 1. The maximum Gasteiger partial charge on any atom is 0.350 e. The quantitative estimate of drug-likeness (QED) is 0.112. The number of phenolic OH excluding ortho intramolecular Hbond substituents is 1. The highest BCUT2D eigenvalue weighted by molar-refractivity contribution is 6.30. The summed E-state index contributed by atoms with van der Waals surface area (Å²) in [5.74, 6) is 0.838. The number of fused-ring (bicyclic) bond motifs is 1. The zero-order valence-corrected chi connectivity index (χ0v) is 27.6. The van der Waals surface area contributed by atoms with E-state index >= 15 is 0 Å². The van der Waals surface area contributed by atoms with Gasteiger partial charge in [-0.15, -0.1) is 0 Å².